The van der Waals surface area contributed by atoms with Crippen molar-refractivity contribution < 1.29 is 40.3 Å². The number of fused-ring (bicyclic) bond motifs is 2. The molecule has 2 N–H and O–H groups in total. The van der Waals surface area contributed by atoms with Crippen LogP contribution < -0.4 is 0 Å². The first-order valence-corrected chi connectivity index (χ1v) is 13.6. The minimum absolute atomic E-state index is 0. The number of aromatic amines is 2. The maximum atomic E-state index is 12.0. The summed E-state index contributed by atoms with van der Waals surface area (Å²) in [6.45, 7) is 4.09. The van der Waals surface area contributed by atoms with E-state index in [1.807, 2.05) is 7.05 Å². The Morgan fingerprint density at radius 3 is 1.66 bits per heavy atom. The first-order valence-electron chi connectivity index (χ1n) is 13.6. The quantitative estimate of drug-likeness (QED) is 0.332. The van der Waals surface area contributed by atoms with E-state index in [1.54, 1.807) is 34.1 Å². The molecule has 0 radical (unpaired) electrons. The second kappa shape index (κ2) is 12.8. The lowest BCUT2D eigenvalue weighted by Crippen LogP contribution is -2.48. The van der Waals surface area contributed by atoms with Gasteiger partial charge >= 0.3 is 11.9 Å². The van der Waals surface area contributed by atoms with Gasteiger partial charge in [0, 0.05) is 66.4 Å². The van der Waals surface area contributed by atoms with E-state index in [2.05, 4.69) is 14.9 Å². The molecule has 2 fully saturated rings. The Balaban J connectivity index is 0.000000225. The largest absolute Gasteiger partial charge is 0.463 e. The number of likely N-dealkylation sites (N-methyl/N-ethyl adjacent to an activating group) is 1. The molecule has 4 aromatic heterocycles. The van der Waals surface area contributed by atoms with Crippen LogP contribution in [0.4, 0.5) is 0 Å². The number of hydrogen-bond acceptors (Lipinski definition) is 9. The molecular weight excluding hydrogens is 534 g/mol. The summed E-state index contributed by atoms with van der Waals surface area (Å²) in [6.07, 6.45) is 6.27. The van der Waals surface area contributed by atoms with Crippen molar-refractivity contribution in [2.75, 3.05) is 59.5 Å². The number of aromatic nitrogens is 2. The molecular formula is C28H37N5O8. The number of piperazine rings is 1. The summed E-state index contributed by atoms with van der Waals surface area (Å²) in [7, 11) is 2.02. The van der Waals surface area contributed by atoms with Crippen molar-refractivity contribution in [3.63, 3.8) is 0 Å². The van der Waals surface area contributed by atoms with E-state index in [1.165, 1.54) is 12.5 Å². The van der Waals surface area contributed by atoms with Gasteiger partial charge < -0.3 is 43.0 Å². The number of ether oxygens (including phenoxy) is 2. The fourth-order valence-electron chi connectivity index (χ4n) is 4.71. The highest BCUT2D eigenvalue weighted by Gasteiger charge is 2.22. The highest BCUT2D eigenvalue weighted by atomic mass is 16.5. The lowest BCUT2D eigenvalue weighted by atomic mass is 10.1. The Bertz CT molecular complexity index is 1450. The SMILES string of the molecule is CN1CCN(C(=O)COC(=O)c2cc3occc3[nH]2)CC1.O=C(OCC(=O)N1CCCCC1)c1cc2occc2[nH]1.[HH].[HH]. The van der Waals surface area contributed by atoms with Crippen LogP contribution >= 0.6 is 0 Å². The third-order valence-corrected chi connectivity index (χ3v) is 7.14. The zero-order valence-corrected chi connectivity index (χ0v) is 22.8. The molecule has 0 bridgehead atoms. The number of piperidine rings is 1. The molecule has 0 saturated carbocycles. The molecule has 0 spiro atoms. The van der Waals surface area contributed by atoms with Gasteiger partial charge in [-0.3, -0.25) is 9.59 Å². The monoisotopic (exact) mass is 571 g/mol. The van der Waals surface area contributed by atoms with Gasteiger partial charge in [-0.05, 0) is 26.3 Å². The summed E-state index contributed by atoms with van der Waals surface area (Å²) in [4.78, 5) is 58.9. The highest BCUT2D eigenvalue weighted by Crippen LogP contribution is 2.18. The van der Waals surface area contributed by atoms with Crippen molar-refractivity contribution in [2.45, 2.75) is 19.3 Å². The molecule has 2 aliphatic rings. The van der Waals surface area contributed by atoms with Gasteiger partial charge in [-0.15, -0.1) is 0 Å². The molecule has 41 heavy (non-hydrogen) atoms. The molecule has 0 aromatic carbocycles. The third-order valence-electron chi connectivity index (χ3n) is 7.14. The van der Waals surface area contributed by atoms with Crippen LogP contribution in [0, 0.1) is 0 Å². The van der Waals surface area contributed by atoms with Crippen LogP contribution in [-0.4, -0.2) is 108 Å². The van der Waals surface area contributed by atoms with Crippen molar-refractivity contribution in [1.29, 1.82) is 0 Å². The lowest BCUT2D eigenvalue weighted by Gasteiger charge is -2.32. The van der Waals surface area contributed by atoms with Crippen molar-refractivity contribution >= 4 is 46.0 Å². The topological polar surface area (TPSA) is 154 Å². The smallest absolute Gasteiger partial charge is 0.355 e. The van der Waals surface area contributed by atoms with Gasteiger partial charge in [0.2, 0.25) is 0 Å². The standard InChI is InChI=1S/C14H17N3O4.C14H16N2O4.2H2/c1-16-3-5-17(6-4-16)13(18)9-21-14(19)11-8-12-10(15-11)2-7-20-12;17-13(16-5-2-1-3-6-16)9-20-14(18)11-8-12-10(15-11)4-7-19-12;;/h2,7-8,15H,3-6,9H2,1H3;4,7-8,15H,1-3,5-6,9H2;2*1H. The third kappa shape index (κ3) is 6.98. The van der Waals surface area contributed by atoms with Gasteiger partial charge in [0.1, 0.15) is 11.4 Å². The molecule has 4 aromatic rings. The number of likely N-dealkylation sites (tertiary alicyclic amines) is 1. The summed E-state index contributed by atoms with van der Waals surface area (Å²) >= 11 is 0. The summed E-state index contributed by atoms with van der Waals surface area (Å²) in [5, 5.41) is 0. The number of rotatable bonds is 6. The number of furan rings is 2. The number of amides is 2. The van der Waals surface area contributed by atoms with E-state index >= 15 is 0 Å². The molecule has 6 heterocycles. The highest BCUT2D eigenvalue weighted by molar-refractivity contribution is 5.95. The Labute approximate surface area is 238 Å². The Morgan fingerprint density at radius 1 is 0.732 bits per heavy atom. The van der Waals surface area contributed by atoms with Gasteiger partial charge in [0.25, 0.3) is 11.8 Å². The van der Waals surface area contributed by atoms with Crippen LogP contribution in [0.5, 0.6) is 0 Å². The van der Waals surface area contributed by atoms with Gasteiger partial charge in [-0.2, -0.15) is 0 Å². The van der Waals surface area contributed by atoms with Crippen molar-refractivity contribution in [3.05, 3.63) is 48.2 Å². The van der Waals surface area contributed by atoms with Gasteiger partial charge in [0.05, 0.1) is 23.6 Å². The average Bonchev–Trinajstić information content (AvgIpc) is 3.77. The molecule has 222 valence electrons. The van der Waals surface area contributed by atoms with Crippen LogP contribution in [0.2, 0.25) is 0 Å². The van der Waals surface area contributed by atoms with Crippen LogP contribution in [0.3, 0.4) is 0 Å². The van der Waals surface area contributed by atoms with E-state index < -0.39 is 11.9 Å². The fraction of sp³-hybridized carbons (Fsp3) is 0.429. The number of carbonyl (C=O) groups excluding carboxylic acids is 4. The van der Waals surface area contributed by atoms with Crippen molar-refractivity contribution in [2.24, 2.45) is 0 Å². The molecule has 2 saturated heterocycles. The van der Waals surface area contributed by atoms with Crippen LogP contribution in [0.15, 0.2) is 45.6 Å². The second-order valence-corrected chi connectivity index (χ2v) is 10.0. The van der Waals surface area contributed by atoms with Crippen LogP contribution in [-0.2, 0) is 19.1 Å². The van der Waals surface area contributed by atoms with E-state index in [9.17, 15) is 19.2 Å². The van der Waals surface area contributed by atoms with E-state index in [0.717, 1.165) is 56.5 Å². The first-order chi connectivity index (χ1) is 19.9. The van der Waals surface area contributed by atoms with Crippen LogP contribution in [0.1, 0.15) is 43.1 Å². The molecule has 2 aliphatic heterocycles. The molecule has 0 atom stereocenters. The Kier molecular flexibility index (Phi) is 8.73. The summed E-state index contributed by atoms with van der Waals surface area (Å²) in [5.41, 5.74) is 3.24. The number of esters is 2. The summed E-state index contributed by atoms with van der Waals surface area (Å²) in [6, 6.07) is 6.59. The van der Waals surface area contributed by atoms with Gasteiger partial charge in [-0.25, -0.2) is 9.59 Å². The predicted molar refractivity (Wildman–Crippen MR) is 150 cm³/mol. The molecule has 0 aliphatic carbocycles. The van der Waals surface area contributed by atoms with Crippen molar-refractivity contribution in [3.8, 4) is 0 Å². The van der Waals surface area contributed by atoms with E-state index in [-0.39, 0.29) is 33.6 Å². The molecule has 0 unspecified atom stereocenters. The zero-order chi connectivity index (χ0) is 28.8. The van der Waals surface area contributed by atoms with Crippen molar-refractivity contribution in [1.82, 2.24) is 24.7 Å². The normalized spacial score (nSPS) is 15.9. The van der Waals surface area contributed by atoms with E-state index in [4.69, 9.17) is 18.3 Å². The molecule has 2 amide bonds. The minimum atomic E-state index is -0.552. The van der Waals surface area contributed by atoms with Crippen LogP contribution in [0.25, 0.3) is 22.2 Å². The fourth-order valence-corrected chi connectivity index (χ4v) is 4.71. The van der Waals surface area contributed by atoms with Gasteiger partial charge in [0.15, 0.2) is 24.4 Å². The zero-order valence-electron chi connectivity index (χ0n) is 22.8. The molecule has 13 heteroatoms. The molecule has 6 rings (SSSR count). The number of H-pyrrole nitrogens is 2. The average molecular weight is 572 g/mol. The maximum Gasteiger partial charge on any atom is 0.355 e. The molecule has 13 nitrogen and oxygen atoms in total. The minimum Gasteiger partial charge on any atom is -0.463 e. The predicted octanol–water partition coefficient (Wildman–Crippen LogP) is 3.11. The first kappa shape index (κ1) is 28.0. The Morgan fingerprint density at radius 2 is 1.20 bits per heavy atom. The number of nitrogens with one attached hydrogen (secondary N) is 2. The second-order valence-electron chi connectivity index (χ2n) is 10.0. The van der Waals surface area contributed by atoms with Gasteiger partial charge in [-0.1, -0.05) is 0 Å². The number of hydrogen-bond donors (Lipinski definition) is 2. The van der Waals surface area contributed by atoms with E-state index in [0.29, 0.717) is 29.9 Å². The number of nitrogens with zero attached hydrogens (tertiary/aromatic N) is 3. The summed E-state index contributed by atoms with van der Waals surface area (Å²) in [5.74, 6) is -1.38. The summed E-state index contributed by atoms with van der Waals surface area (Å²) < 4.78 is 20.4. The number of carbonyl (C=O) groups is 4. The Hall–Kier alpha value is -4.52. The lowest BCUT2D eigenvalue weighted by molar-refractivity contribution is -0.136. The maximum absolute atomic E-state index is 12.0.